The van der Waals surface area contributed by atoms with Crippen LogP contribution in [-0.4, -0.2) is 45.8 Å². The topological polar surface area (TPSA) is 93.5 Å². The molecule has 2 N–H and O–H groups in total. The molecule has 98 valence electrons. The van der Waals surface area contributed by atoms with E-state index in [-0.39, 0.29) is 19.1 Å². The van der Waals surface area contributed by atoms with Gasteiger partial charge in [0.1, 0.15) is 11.1 Å². The predicted octanol–water partition coefficient (Wildman–Crippen LogP) is -0.360. The van der Waals surface area contributed by atoms with Crippen molar-refractivity contribution in [1.29, 1.82) is 0 Å². The molecule has 2 atom stereocenters. The van der Waals surface area contributed by atoms with E-state index in [0.29, 0.717) is 5.69 Å². The fraction of sp³-hybridized carbons (Fsp3) is 0.545. The summed E-state index contributed by atoms with van der Waals surface area (Å²) < 4.78 is 6.74. The number of aliphatic carboxylic acids is 1. The lowest BCUT2D eigenvalue weighted by Gasteiger charge is -2.25. The van der Waals surface area contributed by atoms with Gasteiger partial charge < -0.3 is 19.7 Å². The lowest BCUT2D eigenvalue weighted by Crippen LogP contribution is -2.49. The summed E-state index contributed by atoms with van der Waals surface area (Å²) in [5.74, 6) is -1.33. The molecule has 2 heterocycles. The van der Waals surface area contributed by atoms with Crippen molar-refractivity contribution < 1.29 is 19.4 Å². The number of rotatable bonds is 3. The SMILES string of the molecule is Cn1cncc1C(=O)NC1COCC1(C)C(=O)O. The van der Waals surface area contributed by atoms with E-state index in [2.05, 4.69) is 10.3 Å². The van der Waals surface area contributed by atoms with E-state index in [1.54, 1.807) is 18.5 Å². The third-order valence-corrected chi connectivity index (χ3v) is 3.30. The molecule has 7 nitrogen and oxygen atoms in total. The number of hydrogen-bond acceptors (Lipinski definition) is 4. The molecule has 7 heteroatoms. The van der Waals surface area contributed by atoms with Gasteiger partial charge in [-0.15, -0.1) is 0 Å². The number of nitrogens with zero attached hydrogens (tertiary/aromatic N) is 2. The maximum Gasteiger partial charge on any atom is 0.313 e. The molecule has 1 aliphatic rings. The molecule has 1 aromatic rings. The smallest absolute Gasteiger partial charge is 0.313 e. The molecule has 1 saturated heterocycles. The van der Waals surface area contributed by atoms with E-state index < -0.39 is 17.4 Å². The molecule has 1 fully saturated rings. The van der Waals surface area contributed by atoms with E-state index in [0.717, 1.165) is 0 Å². The van der Waals surface area contributed by atoms with Crippen LogP contribution in [0, 0.1) is 5.41 Å². The van der Waals surface area contributed by atoms with Crippen LogP contribution in [0.5, 0.6) is 0 Å². The molecule has 2 unspecified atom stereocenters. The normalized spacial score (nSPS) is 27.1. The van der Waals surface area contributed by atoms with Crippen LogP contribution in [0.1, 0.15) is 17.4 Å². The first-order valence-electron chi connectivity index (χ1n) is 5.53. The fourth-order valence-corrected chi connectivity index (χ4v) is 1.89. The lowest BCUT2D eigenvalue weighted by molar-refractivity contribution is -0.148. The van der Waals surface area contributed by atoms with Crippen LogP contribution in [0.25, 0.3) is 0 Å². The van der Waals surface area contributed by atoms with Crippen molar-refractivity contribution in [3.8, 4) is 0 Å². The number of carboxylic acids is 1. The second kappa shape index (κ2) is 4.41. The van der Waals surface area contributed by atoms with E-state index >= 15 is 0 Å². The molecule has 0 radical (unpaired) electrons. The molecule has 1 aromatic heterocycles. The molecule has 0 bridgehead atoms. The van der Waals surface area contributed by atoms with Crippen LogP contribution in [0.3, 0.4) is 0 Å². The fourth-order valence-electron chi connectivity index (χ4n) is 1.89. The van der Waals surface area contributed by atoms with Gasteiger partial charge in [0.25, 0.3) is 5.91 Å². The van der Waals surface area contributed by atoms with E-state index in [1.807, 2.05) is 0 Å². The first kappa shape index (κ1) is 12.6. The van der Waals surface area contributed by atoms with Gasteiger partial charge in [-0.05, 0) is 6.92 Å². The Morgan fingerprint density at radius 3 is 2.94 bits per heavy atom. The summed E-state index contributed by atoms with van der Waals surface area (Å²) in [4.78, 5) is 27.0. The van der Waals surface area contributed by atoms with E-state index in [4.69, 9.17) is 4.74 Å². The Morgan fingerprint density at radius 1 is 1.67 bits per heavy atom. The molecule has 1 amide bonds. The number of aryl methyl sites for hydroxylation is 1. The number of carbonyl (C=O) groups is 2. The molecular formula is C11H15N3O4. The average Bonchev–Trinajstić information content (AvgIpc) is 2.87. The summed E-state index contributed by atoms with van der Waals surface area (Å²) in [5.41, 5.74) is -0.705. The van der Waals surface area contributed by atoms with Crippen molar-refractivity contribution >= 4 is 11.9 Å². The second-order valence-electron chi connectivity index (χ2n) is 4.65. The molecule has 0 spiro atoms. The highest BCUT2D eigenvalue weighted by molar-refractivity contribution is 5.93. The highest BCUT2D eigenvalue weighted by atomic mass is 16.5. The molecular weight excluding hydrogens is 238 g/mol. The maximum atomic E-state index is 12.0. The number of amides is 1. The Morgan fingerprint density at radius 2 is 2.39 bits per heavy atom. The van der Waals surface area contributed by atoms with Crippen LogP contribution in [0.15, 0.2) is 12.5 Å². The van der Waals surface area contributed by atoms with Crippen molar-refractivity contribution in [2.45, 2.75) is 13.0 Å². The minimum atomic E-state index is -1.09. The lowest BCUT2D eigenvalue weighted by atomic mass is 9.85. The Labute approximate surface area is 104 Å². The Kier molecular flexibility index (Phi) is 3.08. The van der Waals surface area contributed by atoms with Crippen molar-refractivity contribution in [3.05, 3.63) is 18.2 Å². The van der Waals surface area contributed by atoms with Crippen molar-refractivity contribution in [2.75, 3.05) is 13.2 Å². The standard InChI is InChI=1S/C11H15N3O4/c1-11(10(16)17)5-18-4-8(11)13-9(15)7-3-12-6-14(7)2/h3,6,8H,4-5H2,1-2H3,(H,13,15)(H,16,17). The van der Waals surface area contributed by atoms with Gasteiger partial charge in [-0.2, -0.15) is 0 Å². The van der Waals surface area contributed by atoms with Gasteiger partial charge >= 0.3 is 5.97 Å². The monoisotopic (exact) mass is 253 g/mol. The van der Waals surface area contributed by atoms with Gasteiger partial charge in [0, 0.05) is 7.05 Å². The van der Waals surface area contributed by atoms with E-state index in [1.165, 1.54) is 12.5 Å². The third-order valence-electron chi connectivity index (χ3n) is 3.30. The number of carboxylic acid groups (broad SMARTS) is 1. The van der Waals surface area contributed by atoms with Gasteiger partial charge in [-0.25, -0.2) is 4.98 Å². The Bertz CT molecular complexity index is 484. The zero-order valence-corrected chi connectivity index (χ0v) is 10.2. The van der Waals surface area contributed by atoms with Gasteiger partial charge in [0.2, 0.25) is 0 Å². The van der Waals surface area contributed by atoms with Gasteiger partial charge in [0.05, 0.1) is 31.8 Å². The van der Waals surface area contributed by atoms with Crippen LogP contribution in [0.4, 0.5) is 0 Å². The molecule has 0 aromatic carbocycles. The van der Waals surface area contributed by atoms with Crippen LogP contribution >= 0.6 is 0 Å². The highest BCUT2D eigenvalue weighted by Crippen LogP contribution is 2.28. The molecule has 2 rings (SSSR count). The molecule has 1 aliphatic heterocycles. The Hall–Kier alpha value is -1.89. The number of nitrogens with one attached hydrogen (secondary N) is 1. The Balaban J connectivity index is 2.13. The summed E-state index contributed by atoms with van der Waals surface area (Å²) in [6.07, 6.45) is 2.94. The largest absolute Gasteiger partial charge is 0.481 e. The predicted molar refractivity (Wildman–Crippen MR) is 61.0 cm³/mol. The summed E-state index contributed by atoms with van der Waals surface area (Å²) in [6.45, 7) is 1.86. The van der Waals surface area contributed by atoms with Crippen molar-refractivity contribution in [3.63, 3.8) is 0 Å². The first-order valence-corrected chi connectivity index (χ1v) is 5.53. The number of hydrogen-bond donors (Lipinski definition) is 2. The van der Waals surface area contributed by atoms with Crippen LogP contribution in [-0.2, 0) is 16.6 Å². The molecule has 0 saturated carbocycles. The maximum absolute atomic E-state index is 12.0. The van der Waals surface area contributed by atoms with Gasteiger partial charge in [-0.3, -0.25) is 9.59 Å². The number of ether oxygens (including phenoxy) is 1. The zero-order chi connectivity index (χ0) is 13.3. The molecule has 18 heavy (non-hydrogen) atoms. The summed E-state index contributed by atoms with van der Waals surface area (Å²) in [7, 11) is 1.70. The zero-order valence-electron chi connectivity index (χ0n) is 10.2. The number of carbonyl (C=O) groups excluding carboxylic acids is 1. The van der Waals surface area contributed by atoms with Crippen LogP contribution in [0.2, 0.25) is 0 Å². The van der Waals surface area contributed by atoms with Crippen molar-refractivity contribution in [1.82, 2.24) is 14.9 Å². The minimum absolute atomic E-state index is 0.0959. The van der Waals surface area contributed by atoms with Gasteiger partial charge in [0.15, 0.2) is 0 Å². The summed E-state index contributed by atoms with van der Waals surface area (Å²) in [5, 5.41) is 11.9. The minimum Gasteiger partial charge on any atom is -0.481 e. The first-order chi connectivity index (χ1) is 8.45. The average molecular weight is 253 g/mol. The van der Waals surface area contributed by atoms with Crippen molar-refractivity contribution in [2.24, 2.45) is 12.5 Å². The number of aromatic nitrogens is 2. The summed E-state index contributed by atoms with van der Waals surface area (Å²) >= 11 is 0. The number of imidazole rings is 1. The van der Waals surface area contributed by atoms with Gasteiger partial charge in [-0.1, -0.05) is 0 Å². The van der Waals surface area contributed by atoms with E-state index in [9.17, 15) is 14.7 Å². The summed E-state index contributed by atoms with van der Waals surface area (Å²) in [6, 6.07) is -0.544. The molecule has 0 aliphatic carbocycles. The quantitative estimate of drug-likeness (QED) is 0.767. The highest BCUT2D eigenvalue weighted by Gasteiger charge is 2.47. The van der Waals surface area contributed by atoms with Crippen LogP contribution < -0.4 is 5.32 Å². The third kappa shape index (κ3) is 1.97. The second-order valence-corrected chi connectivity index (χ2v) is 4.65.